The van der Waals surface area contributed by atoms with Crippen molar-refractivity contribution in [2.75, 3.05) is 4.72 Å². The number of H-pyrrole nitrogens is 1. The zero-order valence-corrected chi connectivity index (χ0v) is 11.3. The molecule has 0 amide bonds. The van der Waals surface area contributed by atoms with Gasteiger partial charge < -0.3 is 4.98 Å². The third-order valence-corrected chi connectivity index (χ3v) is 3.77. The van der Waals surface area contributed by atoms with Crippen LogP contribution in [0.3, 0.4) is 0 Å². The number of hydrogen-bond donors (Lipinski definition) is 2. The van der Waals surface area contributed by atoms with Crippen molar-refractivity contribution in [3.8, 4) is 0 Å². The molecule has 2 rings (SSSR count). The normalized spacial score (nSPS) is 11.5. The number of nitrogens with one attached hydrogen (secondary N) is 2. The molecule has 0 saturated heterocycles. The Bertz CT molecular complexity index is 681. The van der Waals surface area contributed by atoms with E-state index < -0.39 is 10.0 Å². The van der Waals surface area contributed by atoms with E-state index in [0.29, 0.717) is 22.2 Å². The van der Waals surface area contributed by atoms with Crippen molar-refractivity contribution >= 4 is 27.3 Å². The van der Waals surface area contributed by atoms with Gasteiger partial charge in [0.2, 0.25) is 0 Å². The van der Waals surface area contributed by atoms with Gasteiger partial charge in [0.15, 0.2) is 5.03 Å². The van der Waals surface area contributed by atoms with Crippen LogP contribution in [-0.4, -0.2) is 23.4 Å². The van der Waals surface area contributed by atoms with Crippen molar-refractivity contribution in [2.24, 2.45) is 0 Å². The summed E-state index contributed by atoms with van der Waals surface area (Å²) >= 11 is 5.70. The van der Waals surface area contributed by atoms with Crippen LogP contribution >= 0.6 is 11.6 Å². The number of aromatic nitrogens is 3. The maximum Gasteiger partial charge on any atom is 0.279 e. The van der Waals surface area contributed by atoms with E-state index in [1.807, 2.05) is 0 Å². The molecular formula is C10H11ClN4O2S. The molecule has 0 fully saturated rings. The molecule has 0 unspecified atom stereocenters. The van der Waals surface area contributed by atoms with Crippen LogP contribution in [0.2, 0.25) is 5.15 Å². The molecule has 0 aliphatic heterocycles. The lowest BCUT2D eigenvalue weighted by atomic mass is 10.3. The maximum absolute atomic E-state index is 12.0. The monoisotopic (exact) mass is 286 g/mol. The Morgan fingerprint density at radius 2 is 2.00 bits per heavy atom. The van der Waals surface area contributed by atoms with Crippen LogP contribution in [0, 0.1) is 13.8 Å². The first kappa shape index (κ1) is 12.8. The lowest BCUT2D eigenvalue weighted by Gasteiger charge is -2.08. The summed E-state index contributed by atoms with van der Waals surface area (Å²) in [4.78, 5) is 10.3. The summed E-state index contributed by atoms with van der Waals surface area (Å²) in [5, 5.41) is 0.321. The molecule has 0 aliphatic carbocycles. The molecule has 0 aliphatic rings. The van der Waals surface area contributed by atoms with Crippen molar-refractivity contribution in [1.82, 2.24) is 15.0 Å². The van der Waals surface area contributed by atoms with Crippen molar-refractivity contribution in [1.29, 1.82) is 0 Å². The van der Waals surface area contributed by atoms with Crippen LogP contribution in [0.1, 0.15) is 11.4 Å². The standard InChI is InChI=1S/C10H11ClN4O2S/c1-6-3-9(11)13-4-8(6)15-18(16,17)10-5-12-7(2)14-10/h3-5,15H,1-2H3,(H,12,14). The van der Waals surface area contributed by atoms with Crippen LogP contribution in [0.5, 0.6) is 0 Å². The molecule has 0 radical (unpaired) electrons. The minimum absolute atomic E-state index is 0.00866. The number of rotatable bonds is 3. The van der Waals surface area contributed by atoms with Crippen LogP contribution in [0.15, 0.2) is 23.5 Å². The molecule has 2 N–H and O–H groups in total. The van der Waals surface area contributed by atoms with Gasteiger partial charge in [-0.25, -0.2) is 9.97 Å². The molecule has 2 aromatic heterocycles. The number of anilines is 1. The average Bonchev–Trinajstić information content (AvgIpc) is 2.70. The Balaban J connectivity index is 2.33. The summed E-state index contributed by atoms with van der Waals surface area (Å²) in [7, 11) is -3.68. The summed E-state index contributed by atoms with van der Waals surface area (Å²) in [6.45, 7) is 3.41. The van der Waals surface area contributed by atoms with Gasteiger partial charge in [-0.2, -0.15) is 8.42 Å². The molecule has 2 heterocycles. The highest BCUT2D eigenvalue weighted by Crippen LogP contribution is 2.20. The van der Waals surface area contributed by atoms with E-state index in [4.69, 9.17) is 11.6 Å². The summed E-state index contributed by atoms with van der Waals surface area (Å²) in [5.74, 6) is 0.529. The quantitative estimate of drug-likeness (QED) is 0.843. The van der Waals surface area contributed by atoms with Gasteiger partial charge in [-0.05, 0) is 25.5 Å². The summed E-state index contributed by atoms with van der Waals surface area (Å²) in [6.07, 6.45) is 2.63. The van der Waals surface area contributed by atoms with Gasteiger partial charge in [0.05, 0.1) is 18.1 Å². The first-order valence-electron chi connectivity index (χ1n) is 5.05. The Kier molecular flexibility index (Phi) is 3.27. The molecule has 8 heteroatoms. The lowest BCUT2D eigenvalue weighted by molar-refractivity contribution is 0.598. The van der Waals surface area contributed by atoms with Crippen molar-refractivity contribution in [3.63, 3.8) is 0 Å². The molecule has 0 spiro atoms. The number of imidazole rings is 1. The second-order valence-electron chi connectivity index (χ2n) is 3.76. The second kappa shape index (κ2) is 4.58. The molecule has 6 nitrogen and oxygen atoms in total. The Morgan fingerprint density at radius 3 is 2.56 bits per heavy atom. The number of sulfonamides is 1. The van der Waals surface area contributed by atoms with Crippen LogP contribution in [0.4, 0.5) is 5.69 Å². The largest absolute Gasteiger partial charge is 0.332 e. The van der Waals surface area contributed by atoms with Gasteiger partial charge in [-0.1, -0.05) is 11.6 Å². The molecule has 96 valence electrons. The van der Waals surface area contributed by atoms with Crippen molar-refractivity contribution in [3.05, 3.63) is 35.0 Å². The van der Waals surface area contributed by atoms with Crippen molar-refractivity contribution in [2.45, 2.75) is 18.9 Å². The third-order valence-electron chi connectivity index (χ3n) is 2.29. The predicted octanol–water partition coefficient (Wildman–Crippen LogP) is 1.88. The van der Waals surface area contributed by atoms with Gasteiger partial charge in [0, 0.05) is 0 Å². The Labute approximate surface area is 109 Å². The SMILES string of the molecule is Cc1ncc(S(=O)(=O)Nc2cnc(Cl)cc2C)[nH]1. The van der Waals surface area contributed by atoms with Gasteiger partial charge in [-0.3, -0.25) is 4.72 Å². The van der Waals surface area contributed by atoms with Gasteiger partial charge in [-0.15, -0.1) is 0 Å². The van der Waals surface area contributed by atoms with E-state index in [1.54, 1.807) is 19.9 Å². The number of hydrogen-bond acceptors (Lipinski definition) is 4. The fraction of sp³-hybridized carbons (Fsp3) is 0.200. The number of aryl methyl sites for hydroxylation is 2. The van der Waals surface area contributed by atoms with E-state index in [-0.39, 0.29) is 5.03 Å². The highest BCUT2D eigenvalue weighted by Gasteiger charge is 2.17. The number of halogens is 1. The van der Waals surface area contributed by atoms with Crippen LogP contribution < -0.4 is 4.72 Å². The minimum Gasteiger partial charge on any atom is -0.332 e. The first-order valence-corrected chi connectivity index (χ1v) is 6.91. The molecule has 0 atom stereocenters. The van der Waals surface area contributed by atoms with Gasteiger partial charge >= 0.3 is 0 Å². The minimum atomic E-state index is -3.68. The smallest absolute Gasteiger partial charge is 0.279 e. The Morgan fingerprint density at radius 1 is 1.28 bits per heavy atom. The topological polar surface area (TPSA) is 87.7 Å². The average molecular weight is 287 g/mol. The molecule has 0 bridgehead atoms. The van der Waals surface area contributed by atoms with Crippen LogP contribution in [0.25, 0.3) is 0 Å². The third kappa shape index (κ3) is 2.62. The van der Waals surface area contributed by atoms with Gasteiger partial charge in [0.1, 0.15) is 11.0 Å². The van der Waals surface area contributed by atoms with E-state index in [2.05, 4.69) is 19.7 Å². The number of nitrogens with zero attached hydrogens (tertiary/aromatic N) is 2. The summed E-state index contributed by atoms with van der Waals surface area (Å²) < 4.78 is 26.4. The van der Waals surface area contributed by atoms with Crippen molar-refractivity contribution < 1.29 is 8.42 Å². The molecular weight excluding hydrogens is 276 g/mol. The maximum atomic E-state index is 12.0. The van der Waals surface area contributed by atoms with E-state index in [1.165, 1.54) is 12.4 Å². The number of pyridine rings is 1. The summed E-state index contributed by atoms with van der Waals surface area (Å²) in [5.41, 5.74) is 1.07. The van der Waals surface area contributed by atoms with E-state index in [0.717, 1.165) is 0 Å². The number of aromatic amines is 1. The van der Waals surface area contributed by atoms with E-state index >= 15 is 0 Å². The van der Waals surface area contributed by atoms with Crippen LogP contribution in [-0.2, 0) is 10.0 Å². The molecule has 0 aromatic carbocycles. The fourth-order valence-electron chi connectivity index (χ4n) is 1.36. The molecule has 0 saturated carbocycles. The molecule has 2 aromatic rings. The van der Waals surface area contributed by atoms with E-state index in [9.17, 15) is 8.42 Å². The summed E-state index contributed by atoms with van der Waals surface area (Å²) in [6, 6.07) is 1.58. The highest BCUT2D eigenvalue weighted by atomic mass is 35.5. The van der Waals surface area contributed by atoms with Gasteiger partial charge in [0.25, 0.3) is 10.0 Å². The second-order valence-corrected chi connectivity index (χ2v) is 5.80. The highest BCUT2D eigenvalue weighted by molar-refractivity contribution is 7.92. The first-order chi connectivity index (χ1) is 8.38. The Hall–Kier alpha value is -1.60. The fourth-order valence-corrected chi connectivity index (χ4v) is 2.66. The zero-order chi connectivity index (χ0) is 13.3. The zero-order valence-electron chi connectivity index (χ0n) is 9.73. The predicted molar refractivity (Wildman–Crippen MR) is 68.1 cm³/mol. The molecule has 18 heavy (non-hydrogen) atoms. The lowest BCUT2D eigenvalue weighted by Crippen LogP contribution is -2.14.